The van der Waals surface area contributed by atoms with Crippen LogP contribution in [0.3, 0.4) is 0 Å². The van der Waals surface area contributed by atoms with Crippen LogP contribution in [-0.2, 0) is 4.79 Å². The highest BCUT2D eigenvalue weighted by Gasteiger charge is 2.37. The standard InChI is InChI=1S/C14H16Cl2N2O2/c1-3-17(4-2)5-6-18-11-8-9(15)7-10(16)12(11)13(19)14(18)20/h7-8H,3-6H2,1-2H3. The molecule has 0 bridgehead atoms. The maximum atomic E-state index is 12.1. The maximum absolute atomic E-state index is 12.1. The molecule has 1 aromatic rings. The second-order valence-electron chi connectivity index (χ2n) is 4.59. The molecule has 0 N–H and O–H groups in total. The van der Waals surface area contributed by atoms with Crippen LogP contribution in [-0.4, -0.2) is 42.8 Å². The molecule has 0 fully saturated rings. The van der Waals surface area contributed by atoms with Crippen molar-refractivity contribution < 1.29 is 9.59 Å². The third kappa shape index (κ3) is 2.68. The van der Waals surface area contributed by atoms with Crippen molar-refractivity contribution in [1.29, 1.82) is 0 Å². The fourth-order valence-corrected chi connectivity index (χ4v) is 2.91. The number of benzene rings is 1. The predicted octanol–water partition coefficient (Wildman–Crippen LogP) is 2.86. The lowest BCUT2D eigenvalue weighted by molar-refractivity contribution is -0.114. The van der Waals surface area contributed by atoms with Crippen LogP contribution in [0.15, 0.2) is 12.1 Å². The van der Waals surface area contributed by atoms with E-state index >= 15 is 0 Å². The first-order valence-electron chi connectivity index (χ1n) is 6.57. The minimum Gasteiger partial charge on any atom is -0.303 e. The van der Waals surface area contributed by atoms with E-state index in [2.05, 4.69) is 18.7 Å². The van der Waals surface area contributed by atoms with Gasteiger partial charge in [-0.2, -0.15) is 0 Å². The number of amides is 1. The highest BCUT2D eigenvalue weighted by atomic mass is 35.5. The number of halogens is 2. The molecular weight excluding hydrogens is 299 g/mol. The number of hydrogen-bond donors (Lipinski definition) is 0. The first-order chi connectivity index (χ1) is 9.49. The normalized spacial score (nSPS) is 14.3. The van der Waals surface area contributed by atoms with E-state index in [0.29, 0.717) is 23.8 Å². The van der Waals surface area contributed by atoms with Gasteiger partial charge in [-0.15, -0.1) is 0 Å². The first-order valence-corrected chi connectivity index (χ1v) is 7.32. The summed E-state index contributed by atoms with van der Waals surface area (Å²) in [5.74, 6) is -1.09. The zero-order chi connectivity index (χ0) is 14.9. The van der Waals surface area contributed by atoms with Crippen LogP contribution in [0.5, 0.6) is 0 Å². The van der Waals surface area contributed by atoms with E-state index in [-0.39, 0.29) is 10.6 Å². The van der Waals surface area contributed by atoms with Crippen molar-refractivity contribution in [1.82, 2.24) is 4.90 Å². The average molecular weight is 315 g/mol. The average Bonchev–Trinajstić information content (AvgIpc) is 2.64. The quantitative estimate of drug-likeness (QED) is 0.785. The molecule has 2 rings (SSSR count). The molecule has 0 unspecified atom stereocenters. The summed E-state index contributed by atoms with van der Waals surface area (Å²) in [6, 6.07) is 3.11. The minimum absolute atomic E-state index is 0.233. The number of carbonyl (C=O) groups is 2. The summed E-state index contributed by atoms with van der Waals surface area (Å²) in [5, 5.41) is 0.653. The number of anilines is 1. The Hall–Kier alpha value is -1.10. The van der Waals surface area contributed by atoms with Crippen LogP contribution in [0.25, 0.3) is 0 Å². The summed E-state index contributed by atoms with van der Waals surface area (Å²) in [6.45, 7) is 7.07. The lowest BCUT2D eigenvalue weighted by atomic mass is 10.1. The molecule has 0 atom stereocenters. The van der Waals surface area contributed by atoms with Crippen molar-refractivity contribution in [2.75, 3.05) is 31.1 Å². The van der Waals surface area contributed by atoms with Crippen molar-refractivity contribution >= 4 is 40.6 Å². The van der Waals surface area contributed by atoms with Crippen molar-refractivity contribution in [2.45, 2.75) is 13.8 Å². The molecule has 0 spiro atoms. The molecule has 0 aromatic heterocycles. The Balaban J connectivity index is 2.29. The van der Waals surface area contributed by atoms with Crippen molar-refractivity contribution in [3.05, 3.63) is 27.7 Å². The second-order valence-corrected chi connectivity index (χ2v) is 5.44. The van der Waals surface area contributed by atoms with Gasteiger partial charge in [-0.05, 0) is 25.2 Å². The number of carbonyl (C=O) groups excluding carboxylic acids is 2. The van der Waals surface area contributed by atoms with Gasteiger partial charge in [0.15, 0.2) is 0 Å². The third-order valence-electron chi connectivity index (χ3n) is 3.53. The third-order valence-corrected chi connectivity index (χ3v) is 4.04. The van der Waals surface area contributed by atoms with Gasteiger partial charge in [-0.1, -0.05) is 37.0 Å². The second kappa shape index (κ2) is 6.12. The van der Waals surface area contributed by atoms with Gasteiger partial charge in [0.2, 0.25) is 0 Å². The van der Waals surface area contributed by atoms with Gasteiger partial charge >= 0.3 is 0 Å². The van der Waals surface area contributed by atoms with Gasteiger partial charge in [0, 0.05) is 18.1 Å². The summed E-state index contributed by atoms with van der Waals surface area (Å²) in [6.07, 6.45) is 0. The van der Waals surface area contributed by atoms with Gasteiger partial charge in [-0.25, -0.2) is 0 Å². The first kappa shape index (κ1) is 15.3. The van der Waals surface area contributed by atoms with E-state index in [4.69, 9.17) is 23.2 Å². The fraction of sp³-hybridized carbons (Fsp3) is 0.429. The van der Waals surface area contributed by atoms with Gasteiger partial charge in [0.1, 0.15) is 0 Å². The molecular formula is C14H16Cl2N2O2. The topological polar surface area (TPSA) is 40.6 Å². The highest BCUT2D eigenvalue weighted by Crippen LogP contribution is 2.36. The molecule has 108 valence electrons. The van der Waals surface area contributed by atoms with Gasteiger partial charge in [0.05, 0.1) is 16.3 Å². The SMILES string of the molecule is CCN(CC)CCN1C(=O)C(=O)c2c(Cl)cc(Cl)cc21. The van der Waals surface area contributed by atoms with E-state index in [1.54, 1.807) is 6.07 Å². The zero-order valence-electron chi connectivity index (χ0n) is 11.4. The molecule has 0 aliphatic carbocycles. The molecule has 20 heavy (non-hydrogen) atoms. The van der Waals surface area contributed by atoms with Crippen LogP contribution in [0.1, 0.15) is 24.2 Å². The summed E-state index contributed by atoms with van der Waals surface area (Å²) < 4.78 is 0. The van der Waals surface area contributed by atoms with Crippen LogP contribution >= 0.6 is 23.2 Å². The Bertz CT molecular complexity index is 556. The Kier molecular flexibility index (Phi) is 4.68. The van der Waals surface area contributed by atoms with E-state index in [1.807, 2.05) is 0 Å². The molecule has 1 aliphatic rings. The van der Waals surface area contributed by atoms with Gasteiger partial charge in [-0.3, -0.25) is 9.59 Å². The fourth-order valence-electron chi connectivity index (χ4n) is 2.34. The molecule has 0 saturated heterocycles. The van der Waals surface area contributed by atoms with Crippen molar-refractivity contribution in [3.8, 4) is 0 Å². The van der Waals surface area contributed by atoms with E-state index in [9.17, 15) is 9.59 Å². The Morgan fingerprint density at radius 2 is 1.80 bits per heavy atom. The Morgan fingerprint density at radius 3 is 2.40 bits per heavy atom. The summed E-state index contributed by atoms with van der Waals surface area (Å²) in [7, 11) is 0. The summed E-state index contributed by atoms with van der Waals surface area (Å²) in [4.78, 5) is 27.7. The minimum atomic E-state index is -0.554. The van der Waals surface area contributed by atoms with Gasteiger partial charge in [0.25, 0.3) is 11.7 Å². The molecule has 0 radical (unpaired) electrons. The molecule has 1 heterocycles. The molecule has 1 aromatic carbocycles. The lowest BCUT2D eigenvalue weighted by Gasteiger charge is -2.23. The number of hydrogen-bond acceptors (Lipinski definition) is 3. The number of rotatable bonds is 5. The van der Waals surface area contributed by atoms with Crippen LogP contribution in [0.4, 0.5) is 5.69 Å². The smallest absolute Gasteiger partial charge is 0.299 e. The highest BCUT2D eigenvalue weighted by molar-refractivity contribution is 6.55. The van der Waals surface area contributed by atoms with E-state index < -0.39 is 11.7 Å². The predicted molar refractivity (Wildman–Crippen MR) is 80.9 cm³/mol. The van der Waals surface area contributed by atoms with Gasteiger partial charge < -0.3 is 9.80 Å². The largest absolute Gasteiger partial charge is 0.303 e. The van der Waals surface area contributed by atoms with E-state index in [0.717, 1.165) is 13.1 Å². The Labute approximate surface area is 128 Å². The van der Waals surface area contributed by atoms with Crippen molar-refractivity contribution in [2.24, 2.45) is 0 Å². The monoisotopic (exact) mass is 314 g/mol. The number of nitrogens with zero attached hydrogens (tertiary/aromatic N) is 2. The zero-order valence-corrected chi connectivity index (χ0v) is 13.0. The van der Waals surface area contributed by atoms with E-state index in [1.165, 1.54) is 11.0 Å². The number of ketones is 1. The number of fused-ring (bicyclic) bond motifs is 1. The van der Waals surface area contributed by atoms with Crippen LogP contribution in [0.2, 0.25) is 10.0 Å². The molecule has 1 aliphatic heterocycles. The van der Waals surface area contributed by atoms with Crippen molar-refractivity contribution in [3.63, 3.8) is 0 Å². The van der Waals surface area contributed by atoms with Crippen LogP contribution in [0, 0.1) is 0 Å². The lowest BCUT2D eigenvalue weighted by Crippen LogP contribution is -2.38. The number of Topliss-reactive ketones (excluding diaryl/α,β-unsaturated/α-hetero) is 1. The number of likely N-dealkylation sites (N-methyl/N-ethyl adjacent to an activating group) is 1. The molecule has 1 amide bonds. The van der Waals surface area contributed by atoms with Crippen LogP contribution < -0.4 is 4.90 Å². The Morgan fingerprint density at radius 1 is 1.15 bits per heavy atom. The molecule has 0 saturated carbocycles. The molecule has 6 heteroatoms. The maximum Gasteiger partial charge on any atom is 0.299 e. The molecule has 4 nitrogen and oxygen atoms in total. The summed E-state index contributed by atoms with van der Waals surface area (Å²) >= 11 is 12.0. The summed E-state index contributed by atoms with van der Waals surface area (Å²) in [5.41, 5.74) is 0.783.